The maximum Gasteiger partial charge on any atom is 0.165 e. The van der Waals surface area contributed by atoms with Gasteiger partial charge in [0.25, 0.3) is 0 Å². The molecule has 2 rings (SSSR count). The van der Waals surface area contributed by atoms with Crippen molar-refractivity contribution in [3.05, 3.63) is 51.0 Å². The lowest BCUT2D eigenvalue weighted by Gasteiger charge is -2.14. The van der Waals surface area contributed by atoms with Crippen LogP contribution in [0.2, 0.25) is 0 Å². The van der Waals surface area contributed by atoms with E-state index in [1.165, 1.54) is 21.4 Å². The molecule has 0 spiro atoms. The number of thiophene rings is 1. The minimum atomic E-state index is -0.575. The lowest BCUT2D eigenvalue weighted by molar-refractivity contribution is 0.421. The van der Waals surface area contributed by atoms with Gasteiger partial charge in [-0.2, -0.15) is 0 Å². The zero-order valence-electron chi connectivity index (χ0n) is 11.3. The van der Waals surface area contributed by atoms with Crippen molar-refractivity contribution in [2.45, 2.75) is 33.4 Å². The van der Waals surface area contributed by atoms with Crippen LogP contribution >= 0.6 is 11.3 Å². The summed E-state index contributed by atoms with van der Waals surface area (Å²) in [5, 5.41) is 12.9. The van der Waals surface area contributed by atoms with E-state index in [-0.39, 0.29) is 11.8 Å². The molecule has 0 fully saturated rings. The smallest absolute Gasteiger partial charge is 0.165 e. The molecule has 1 aromatic carbocycles. The molecule has 4 heteroatoms. The van der Waals surface area contributed by atoms with Gasteiger partial charge in [-0.05, 0) is 38.5 Å². The first kappa shape index (κ1) is 14.0. The third-order valence-electron chi connectivity index (χ3n) is 3.21. The molecule has 0 amide bonds. The molecule has 2 N–H and O–H groups in total. The Balaban J connectivity index is 2.06. The number of rotatable bonds is 4. The molecule has 0 bridgehead atoms. The van der Waals surface area contributed by atoms with Gasteiger partial charge >= 0.3 is 0 Å². The van der Waals surface area contributed by atoms with E-state index in [1.54, 1.807) is 23.5 Å². The number of nitrogens with one attached hydrogen (secondary N) is 1. The molecule has 1 heterocycles. The first-order chi connectivity index (χ1) is 8.99. The standard InChI is InChI=1S/C15H18FNOS/c1-9-7-13(11(3)19-9)10(2)17-8-12-5-4-6-14(16)15(12)18/h4-7,10,17-18H,8H2,1-3H3. The lowest BCUT2D eigenvalue weighted by Crippen LogP contribution is -2.18. The van der Waals surface area contributed by atoms with E-state index < -0.39 is 5.82 Å². The van der Waals surface area contributed by atoms with Gasteiger partial charge in [0, 0.05) is 27.9 Å². The molecule has 0 aliphatic rings. The summed E-state index contributed by atoms with van der Waals surface area (Å²) in [4.78, 5) is 2.58. The Kier molecular flexibility index (Phi) is 4.22. The quantitative estimate of drug-likeness (QED) is 0.884. The van der Waals surface area contributed by atoms with Gasteiger partial charge in [-0.25, -0.2) is 4.39 Å². The average molecular weight is 279 g/mol. The molecule has 0 radical (unpaired) electrons. The summed E-state index contributed by atoms with van der Waals surface area (Å²) in [5.41, 5.74) is 1.84. The highest BCUT2D eigenvalue weighted by molar-refractivity contribution is 7.12. The summed E-state index contributed by atoms with van der Waals surface area (Å²) in [6, 6.07) is 6.94. The number of hydrogen-bond donors (Lipinski definition) is 2. The van der Waals surface area contributed by atoms with Gasteiger partial charge in [-0.3, -0.25) is 0 Å². The normalized spacial score (nSPS) is 12.6. The van der Waals surface area contributed by atoms with E-state index in [0.29, 0.717) is 12.1 Å². The van der Waals surface area contributed by atoms with Gasteiger partial charge in [0.2, 0.25) is 0 Å². The Morgan fingerprint density at radius 2 is 2.11 bits per heavy atom. The molecule has 102 valence electrons. The van der Waals surface area contributed by atoms with Crippen LogP contribution in [0.25, 0.3) is 0 Å². The van der Waals surface area contributed by atoms with Crippen molar-refractivity contribution >= 4 is 11.3 Å². The monoisotopic (exact) mass is 279 g/mol. The van der Waals surface area contributed by atoms with Crippen LogP contribution in [0.15, 0.2) is 24.3 Å². The summed E-state index contributed by atoms with van der Waals surface area (Å²) in [5.74, 6) is -0.838. The predicted octanol–water partition coefficient (Wildman–Crippen LogP) is 4.06. The maximum atomic E-state index is 13.2. The molecule has 2 nitrogen and oxygen atoms in total. The molecule has 0 aliphatic carbocycles. The Labute approximate surface area is 116 Å². The first-order valence-electron chi connectivity index (χ1n) is 6.25. The molecular weight excluding hydrogens is 261 g/mol. The van der Waals surface area contributed by atoms with E-state index in [1.807, 2.05) is 0 Å². The van der Waals surface area contributed by atoms with E-state index in [9.17, 15) is 9.50 Å². The lowest BCUT2D eigenvalue weighted by atomic mass is 10.1. The Morgan fingerprint density at radius 3 is 2.74 bits per heavy atom. The maximum absolute atomic E-state index is 13.2. The summed E-state index contributed by atoms with van der Waals surface area (Å²) >= 11 is 1.78. The number of phenolic OH excluding ortho intramolecular Hbond substituents is 1. The summed E-state index contributed by atoms with van der Waals surface area (Å²) in [7, 11) is 0. The van der Waals surface area contributed by atoms with Crippen molar-refractivity contribution in [1.29, 1.82) is 0 Å². The topological polar surface area (TPSA) is 32.3 Å². The molecule has 1 atom stereocenters. The van der Waals surface area contributed by atoms with Gasteiger partial charge in [0.15, 0.2) is 11.6 Å². The Morgan fingerprint density at radius 1 is 1.37 bits per heavy atom. The molecule has 1 aromatic heterocycles. The fraction of sp³-hybridized carbons (Fsp3) is 0.333. The zero-order chi connectivity index (χ0) is 14.0. The van der Waals surface area contributed by atoms with Crippen molar-refractivity contribution in [2.75, 3.05) is 0 Å². The first-order valence-corrected chi connectivity index (χ1v) is 7.07. The number of benzene rings is 1. The molecule has 1 unspecified atom stereocenters. The number of halogens is 1. The van der Waals surface area contributed by atoms with Crippen molar-refractivity contribution in [3.63, 3.8) is 0 Å². The van der Waals surface area contributed by atoms with Crippen molar-refractivity contribution in [3.8, 4) is 5.75 Å². The van der Waals surface area contributed by atoms with Crippen LogP contribution in [-0.4, -0.2) is 5.11 Å². The van der Waals surface area contributed by atoms with Gasteiger partial charge in [-0.1, -0.05) is 12.1 Å². The average Bonchev–Trinajstić information content (AvgIpc) is 2.70. The van der Waals surface area contributed by atoms with Crippen LogP contribution < -0.4 is 5.32 Å². The molecule has 0 aliphatic heterocycles. The summed E-state index contributed by atoms with van der Waals surface area (Å²) in [6.07, 6.45) is 0. The number of aryl methyl sites for hydroxylation is 2. The third kappa shape index (κ3) is 3.14. The number of phenols is 1. The SMILES string of the molecule is Cc1cc(C(C)NCc2cccc(F)c2O)c(C)s1. The number of hydrogen-bond acceptors (Lipinski definition) is 3. The highest BCUT2D eigenvalue weighted by Gasteiger charge is 2.12. The Hall–Kier alpha value is -1.39. The second-order valence-electron chi connectivity index (χ2n) is 4.72. The zero-order valence-corrected chi connectivity index (χ0v) is 12.1. The van der Waals surface area contributed by atoms with Crippen LogP contribution in [0.4, 0.5) is 4.39 Å². The molecule has 0 saturated heterocycles. The minimum absolute atomic E-state index is 0.174. The molecule has 0 saturated carbocycles. The van der Waals surface area contributed by atoms with E-state index in [2.05, 4.69) is 32.2 Å². The molecule has 19 heavy (non-hydrogen) atoms. The number of aromatic hydroxyl groups is 1. The van der Waals surface area contributed by atoms with Crippen LogP contribution in [-0.2, 0) is 6.54 Å². The van der Waals surface area contributed by atoms with Crippen molar-refractivity contribution in [1.82, 2.24) is 5.32 Å². The fourth-order valence-electron chi connectivity index (χ4n) is 2.16. The van der Waals surface area contributed by atoms with Crippen molar-refractivity contribution in [2.24, 2.45) is 0 Å². The van der Waals surface area contributed by atoms with E-state index in [0.717, 1.165) is 0 Å². The van der Waals surface area contributed by atoms with E-state index in [4.69, 9.17) is 0 Å². The minimum Gasteiger partial charge on any atom is -0.505 e. The van der Waals surface area contributed by atoms with E-state index >= 15 is 0 Å². The number of para-hydroxylation sites is 1. The highest BCUT2D eigenvalue weighted by Crippen LogP contribution is 2.27. The second kappa shape index (κ2) is 5.72. The fourth-order valence-corrected chi connectivity index (χ4v) is 3.18. The van der Waals surface area contributed by atoms with Crippen LogP contribution in [0.3, 0.4) is 0 Å². The van der Waals surface area contributed by atoms with Gasteiger partial charge in [0.1, 0.15) is 0 Å². The highest BCUT2D eigenvalue weighted by atomic mass is 32.1. The Bertz CT molecular complexity index is 580. The van der Waals surface area contributed by atoms with Crippen LogP contribution in [0.5, 0.6) is 5.75 Å². The van der Waals surface area contributed by atoms with Crippen molar-refractivity contribution < 1.29 is 9.50 Å². The predicted molar refractivity (Wildman–Crippen MR) is 77.1 cm³/mol. The van der Waals surface area contributed by atoms with Gasteiger partial charge < -0.3 is 10.4 Å². The molecular formula is C15H18FNOS. The summed E-state index contributed by atoms with van der Waals surface area (Å²) in [6.45, 7) is 6.71. The second-order valence-corrected chi connectivity index (χ2v) is 6.18. The largest absolute Gasteiger partial charge is 0.505 e. The van der Waals surface area contributed by atoms with Crippen LogP contribution in [0, 0.1) is 19.7 Å². The van der Waals surface area contributed by atoms with Gasteiger partial charge in [-0.15, -0.1) is 11.3 Å². The van der Waals surface area contributed by atoms with Gasteiger partial charge in [0.05, 0.1) is 0 Å². The summed E-state index contributed by atoms with van der Waals surface area (Å²) < 4.78 is 13.2. The molecule has 2 aromatic rings. The third-order valence-corrected chi connectivity index (χ3v) is 4.20. The van der Waals surface area contributed by atoms with Crippen LogP contribution in [0.1, 0.15) is 33.8 Å².